The van der Waals surface area contributed by atoms with E-state index in [0.29, 0.717) is 36.9 Å². The van der Waals surface area contributed by atoms with Gasteiger partial charge in [-0.1, -0.05) is 37.6 Å². The van der Waals surface area contributed by atoms with Crippen LogP contribution in [-0.2, 0) is 29.0 Å². The van der Waals surface area contributed by atoms with Crippen molar-refractivity contribution >= 4 is 23.0 Å². The van der Waals surface area contributed by atoms with Crippen LogP contribution in [0.4, 0.5) is 5.82 Å². The highest BCUT2D eigenvalue weighted by atomic mass is 16.5. The molecule has 2 aromatic heterocycles. The van der Waals surface area contributed by atoms with Gasteiger partial charge < -0.3 is 25.3 Å². The molecule has 3 aromatic rings. The molecular weight excluding hydrogens is 424 g/mol. The topological polar surface area (TPSA) is 126 Å². The average molecular weight is 457 g/mol. The summed E-state index contributed by atoms with van der Waals surface area (Å²) in [6.07, 6.45) is 3.03. The van der Waals surface area contributed by atoms with Crippen LogP contribution in [0.1, 0.15) is 37.3 Å². The number of hydrogen-bond donors (Lipinski definition) is 2. The molecule has 10 nitrogen and oxygen atoms in total. The number of nitrogens with zero attached hydrogens (tertiary/aromatic N) is 4. The molecule has 33 heavy (non-hydrogen) atoms. The second-order valence-corrected chi connectivity index (χ2v) is 7.62. The number of imidazole rings is 1. The van der Waals surface area contributed by atoms with Crippen LogP contribution in [0.3, 0.4) is 0 Å². The molecule has 0 unspecified atom stereocenters. The van der Waals surface area contributed by atoms with Gasteiger partial charge in [0.05, 0.1) is 27.2 Å². The number of aromatic nitrogens is 4. The number of nitrogen functional groups attached to an aromatic ring is 1. The summed E-state index contributed by atoms with van der Waals surface area (Å²) >= 11 is 0. The van der Waals surface area contributed by atoms with E-state index in [1.807, 2.05) is 28.8 Å². The Morgan fingerprint density at radius 1 is 1.15 bits per heavy atom. The summed E-state index contributed by atoms with van der Waals surface area (Å²) in [6, 6.07) is 8.59. The Morgan fingerprint density at radius 2 is 1.97 bits per heavy atom. The Balaban J connectivity index is 1.59. The Morgan fingerprint density at radius 3 is 2.73 bits per heavy atom. The molecule has 178 valence electrons. The number of benzene rings is 1. The minimum absolute atomic E-state index is 0.245. The molecule has 0 spiro atoms. The van der Waals surface area contributed by atoms with Crippen molar-refractivity contribution in [2.24, 2.45) is 0 Å². The zero-order valence-electron chi connectivity index (χ0n) is 19.5. The summed E-state index contributed by atoms with van der Waals surface area (Å²) in [4.78, 5) is 24.6. The zero-order valence-corrected chi connectivity index (χ0v) is 19.5. The number of carbonyl (C=O) groups excluding carboxylic acids is 1. The monoisotopic (exact) mass is 456 g/mol. The van der Waals surface area contributed by atoms with Gasteiger partial charge in [0.25, 0.3) is 6.01 Å². The highest BCUT2D eigenvalue weighted by molar-refractivity contribution is 5.83. The molecule has 2 heterocycles. The van der Waals surface area contributed by atoms with E-state index in [1.165, 1.54) is 7.11 Å². The summed E-state index contributed by atoms with van der Waals surface area (Å²) < 4.78 is 17.7. The van der Waals surface area contributed by atoms with Crippen LogP contribution in [0.5, 0.6) is 12.0 Å². The number of esters is 1. The van der Waals surface area contributed by atoms with Crippen LogP contribution in [0.2, 0.25) is 0 Å². The number of methoxy groups -OCH3 is 2. The van der Waals surface area contributed by atoms with Gasteiger partial charge in [-0.05, 0) is 30.5 Å². The molecule has 1 aromatic carbocycles. The maximum atomic E-state index is 11.5. The smallest absolute Gasteiger partial charge is 0.320 e. The SMILES string of the molecule is CCCCOc1nc(N)c2nc(OC)n(CCCNCc3cccc(CC(=O)OC)c3)c2n1. The third-order valence-electron chi connectivity index (χ3n) is 5.11. The van der Waals surface area contributed by atoms with E-state index < -0.39 is 0 Å². The number of carbonyl (C=O) groups is 1. The van der Waals surface area contributed by atoms with Crippen LogP contribution >= 0.6 is 0 Å². The van der Waals surface area contributed by atoms with Gasteiger partial charge in [-0.15, -0.1) is 0 Å². The van der Waals surface area contributed by atoms with E-state index >= 15 is 0 Å². The quantitative estimate of drug-likeness (QED) is 0.295. The van der Waals surface area contributed by atoms with Crippen molar-refractivity contribution < 1.29 is 19.0 Å². The van der Waals surface area contributed by atoms with E-state index in [0.717, 1.165) is 36.9 Å². The second kappa shape index (κ2) is 12.0. The lowest BCUT2D eigenvalue weighted by Gasteiger charge is -2.10. The van der Waals surface area contributed by atoms with E-state index in [-0.39, 0.29) is 24.2 Å². The molecule has 3 rings (SSSR count). The van der Waals surface area contributed by atoms with Gasteiger partial charge in [-0.25, -0.2) is 0 Å². The van der Waals surface area contributed by atoms with Crippen molar-refractivity contribution in [2.75, 3.05) is 33.1 Å². The van der Waals surface area contributed by atoms with Crippen LogP contribution in [0.25, 0.3) is 11.2 Å². The minimum atomic E-state index is -0.245. The first-order chi connectivity index (χ1) is 16.0. The van der Waals surface area contributed by atoms with Crippen LogP contribution in [-0.4, -0.2) is 52.9 Å². The number of hydrogen-bond acceptors (Lipinski definition) is 9. The van der Waals surface area contributed by atoms with Gasteiger partial charge in [0.1, 0.15) is 0 Å². The largest absolute Gasteiger partial charge is 0.469 e. The van der Waals surface area contributed by atoms with Crippen LogP contribution in [0.15, 0.2) is 24.3 Å². The number of nitrogens with two attached hydrogens (primary N) is 1. The van der Waals surface area contributed by atoms with E-state index in [1.54, 1.807) is 7.11 Å². The lowest BCUT2D eigenvalue weighted by molar-refractivity contribution is -0.139. The molecule has 0 atom stereocenters. The molecule has 0 fully saturated rings. The summed E-state index contributed by atoms with van der Waals surface area (Å²) in [6.45, 7) is 4.73. The lowest BCUT2D eigenvalue weighted by Crippen LogP contribution is -2.17. The molecule has 0 aliphatic rings. The van der Waals surface area contributed by atoms with Gasteiger partial charge in [-0.3, -0.25) is 9.36 Å². The zero-order chi connectivity index (χ0) is 23.6. The number of ether oxygens (including phenoxy) is 3. The van der Waals surface area contributed by atoms with E-state index in [9.17, 15) is 4.79 Å². The maximum absolute atomic E-state index is 11.5. The van der Waals surface area contributed by atoms with Gasteiger partial charge in [0.15, 0.2) is 17.0 Å². The summed E-state index contributed by atoms with van der Waals surface area (Å²) in [5.41, 5.74) is 9.23. The van der Waals surface area contributed by atoms with Gasteiger partial charge in [0.2, 0.25) is 0 Å². The third-order valence-corrected chi connectivity index (χ3v) is 5.11. The second-order valence-electron chi connectivity index (χ2n) is 7.62. The highest BCUT2D eigenvalue weighted by Gasteiger charge is 2.17. The fraction of sp³-hybridized carbons (Fsp3) is 0.478. The normalized spacial score (nSPS) is 11.0. The lowest BCUT2D eigenvalue weighted by atomic mass is 10.1. The molecular formula is C23H32N6O4. The van der Waals surface area contributed by atoms with Crippen molar-refractivity contribution in [3.63, 3.8) is 0 Å². The number of aryl methyl sites for hydroxylation is 1. The number of fused-ring (bicyclic) bond motifs is 1. The summed E-state index contributed by atoms with van der Waals surface area (Å²) in [5.74, 6) is 0.0264. The van der Waals surface area contributed by atoms with Crippen molar-refractivity contribution in [1.82, 2.24) is 24.8 Å². The standard InChI is InChI=1S/C23H32N6O4/c1-4-5-12-33-22-27-20(24)19-21(28-22)29(23(26-19)32-3)11-7-10-25-15-17-9-6-8-16(13-17)14-18(30)31-2/h6,8-9,13,25H,4-5,7,10-12,14-15H2,1-3H3,(H2,24,27,28). The predicted molar refractivity (Wildman–Crippen MR) is 125 cm³/mol. The minimum Gasteiger partial charge on any atom is -0.469 e. The molecule has 10 heteroatoms. The number of rotatable bonds is 13. The Hall–Kier alpha value is -3.40. The molecule has 3 N–H and O–H groups in total. The molecule has 0 amide bonds. The van der Waals surface area contributed by atoms with Crippen molar-refractivity contribution in [3.8, 4) is 12.0 Å². The highest BCUT2D eigenvalue weighted by Crippen LogP contribution is 2.25. The van der Waals surface area contributed by atoms with E-state index in [2.05, 4.69) is 27.2 Å². The average Bonchev–Trinajstić information content (AvgIpc) is 3.17. The fourth-order valence-corrected chi connectivity index (χ4v) is 3.39. The first-order valence-corrected chi connectivity index (χ1v) is 11.1. The van der Waals surface area contributed by atoms with Gasteiger partial charge in [-0.2, -0.15) is 15.0 Å². The Kier molecular flexibility index (Phi) is 8.82. The van der Waals surface area contributed by atoms with Crippen molar-refractivity contribution in [2.45, 2.75) is 45.7 Å². The maximum Gasteiger partial charge on any atom is 0.320 e. The summed E-state index contributed by atoms with van der Waals surface area (Å²) in [5, 5.41) is 3.43. The first-order valence-electron chi connectivity index (χ1n) is 11.1. The molecule has 0 saturated carbocycles. The van der Waals surface area contributed by atoms with Crippen LogP contribution in [0, 0.1) is 0 Å². The Labute approximate surface area is 193 Å². The number of unbranched alkanes of at least 4 members (excludes halogenated alkanes) is 1. The molecule has 0 saturated heterocycles. The number of nitrogens with one attached hydrogen (secondary N) is 1. The van der Waals surface area contributed by atoms with Crippen LogP contribution < -0.4 is 20.5 Å². The first kappa shape index (κ1) is 24.2. The molecule has 0 bridgehead atoms. The van der Waals surface area contributed by atoms with E-state index in [4.69, 9.17) is 19.9 Å². The molecule has 0 radical (unpaired) electrons. The molecule has 0 aliphatic heterocycles. The molecule has 0 aliphatic carbocycles. The fourth-order valence-electron chi connectivity index (χ4n) is 3.39. The van der Waals surface area contributed by atoms with Gasteiger partial charge in [0, 0.05) is 13.1 Å². The van der Waals surface area contributed by atoms with Crippen molar-refractivity contribution in [1.29, 1.82) is 0 Å². The van der Waals surface area contributed by atoms with Crippen molar-refractivity contribution in [3.05, 3.63) is 35.4 Å². The third kappa shape index (κ3) is 6.55. The number of anilines is 1. The predicted octanol–water partition coefficient (Wildman–Crippen LogP) is 2.49. The summed E-state index contributed by atoms with van der Waals surface area (Å²) in [7, 11) is 2.96. The Bertz CT molecular complexity index is 1070. The van der Waals surface area contributed by atoms with Gasteiger partial charge >= 0.3 is 12.0 Å².